The molecule has 0 N–H and O–H groups in total. The average Bonchev–Trinajstić information content (AvgIpc) is 2.61. The van der Waals surface area contributed by atoms with E-state index in [-0.39, 0.29) is 0 Å². The van der Waals surface area contributed by atoms with Crippen LogP contribution in [0.2, 0.25) is 0 Å². The Morgan fingerprint density at radius 1 is 0.696 bits per heavy atom. The number of aryl methyl sites for hydroxylation is 1. The summed E-state index contributed by atoms with van der Waals surface area (Å²) in [4.78, 5) is 18.0. The number of rotatable bonds is 2. The van der Waals surface area contributed by atoms with Gasteiger partial charge in [0.1, 0.15) is 5.82 Å². The van der Waals surface area contributed by atoms with E-state index >= 15 is 0 Å². The maximum absolute atomic E-state index is 4.62. The molecule has 110 valence electrons. The number of hydrogen-bond acceptors (Lipinski definition) is 4. The Kier molecular flexibility index (Phi) is 3.27. The van der Waals surface area contributed by atoms with Crippen molar-refractivity contribution in [1.82, 2.24) is 19.9 Å². The van der Waals surface area contributed by atoms with Crippen molar-refractivity contribution in [2.45, 2.75) is 6.92 Å². The number of pyridine rings is 1. The maximum atomic E-state index is 4.62. The van der Waals surface area contributed by atoms with E-state index in [1.54, 1.807) is 0 Å². The lowest BCUT2D eigenvalue weighted by Crippen LogP contribution is -1.99. The topological polar surface area (TPSA) is 51.6 Å². The van der Waals surface area contributed by atoms with Gasteiger partial charge in [0.2, 0.25) is 0 Å². The summed E-state index contributed by atoms with van der Waals surface area (Å²) >= 11 is 0. The van der Waals surface area contributed by atoms with Gasteiger partial charge in [0.05, 0.1) is 5.52 Å². The lowest BCUT2D eigenvalue weighted by atomic mass is 10.1. The lowest BCUT2D eigenvalue weighted by Gasteiger charge is -2.06. The van der Waals surface area contributed by atoms with Crippen LogP contribution in [0.15, 0.2) is 66.9 Å². The first-order valence-corrected chi connectivity index (χ1v) is 7.43. The summed E-state index contributed by atoms with van der Waals surface area (Å²) in [5, 5.41) is 1.07. The molecule has 2 heterocycles. The molecule has 0 aliphatic heterocycles. The number of nitrogens with zero attached hydrogens (tertiary/aromatic N) is 4. The van der Waals surface area contributed by atoms with Crippen molar-refractivity contribution in [2.75, 3.05) is 0 Å². The van der Waals surface area contributed by atoms with Gasteiger partial charge in [-0.3, -0.25) is 4.98 Å². The van der Waals surface area contributed by atoms with Crippen LogP contribution in [0.5, 0.6) is 0 Å². The summed E-state index contributed by atoms with van der Waals surface area (Å²) in [6, 6.07) is 20.0. The number of benzene rings is 2. The van der Waals surface area contributed by atoms with Crippen molar-refractivity contribution in [1.29, 1.82) is 0 Å². The molecule has 4 aromatic rings. The second kappa shape index (κ2) is 5.57. The van der Waals surface area contributed by atoms with Gasteiger partial charge in [-0.25, -0.2) is 15.0 Å². The summed E-state index contributed by atoms with van der Waals surface area (Å²) < 4.78 is 0. The van der Waals surface area contributed by atoms with Gasteiger partial charge in [-0.2, -0.15) is 0 Å². The molecule has 2 aromatic carbocycles. The zero-order valence-corrected chi connectivity index (χ0v) is 12.6. The minimum atomic E-state index is 0.648. The molecular weight excluding hydrogens is 284 g/mol. The number of fused-ring (bicyclic) bond motifs is 1. The van der Waals surface area contributed by atoms with Gasteiger partial charge < -0.3 is 0 Å². The molecule has 0 radical (unpaired) electrons. The Labute approximate surface area is 133 Å². The zero-order valence-electron chi connectivity index (χ0n) is 12.6. The van der Waals surface area contributed by atoms with Gasteiger partial charge in [-0.1, -0.05) is 48.5 Å². The van der Waals surface area contributed by atoms with Crippen LogP contribution < -0.4 is 0 Å². The third kappa shape index (κ3) is 2.66. The molecule has 0 amide bonds. The van der Waals surface area contributed by atoms with Crippen molar-refractivity contribution in [3.05, 3.63) is 72.7 Å². The molecule has 23 heavy (non-hydrogen) atoms. The predicted octanol–water partition coefficient (Wildman–Crippen LogP) is 4.06. The van der Waals surface area contributed by atoms with E-state index in [4.69, 9.17) is 0 Å². The van der Waals surface area contributed by atoms with Gasteiger partial charge in [-0.05, 0) is 19.1 Å². The monoisotopic (exact) mass is 298 g/mol. The first kappa shape index (κ1) is 13.5. The fourth-order valence-electron chi connectivity index (χ4n) is 2.52. The molecule has 0 aliphatic carbocycles. The molecule has 0 spiro atoms. The SMILES string of the molecule is Cc1nc(-c2ccccc2)nc(-c2cnc3ccccc3c2)n1. The van der Waals surface area contributed by atoms with Crippen LogP contribution in [-0.2, 0) is 0 Å². The smallest absolute Gasteiger partial charge is 0.165 e. The Bertz CT molecular complexity index is 981. The van der Waals surface area contributed by atoms with Crippen LogP contribution in [-0.4, -0.2) is 19.9 Å². The highest BCUT2D eigenvalue weighted by atomic mass is 15.0. The highest BCUT2D eigenvalue weighted by Gasteiger charge is 2.09. The minimum Gasteiger partial charge on any atom is -0.255 e. The van der Waals surface area contributed by atoms with Gasteiger partial charge in [0, 0.05) is 22.7 Å². The molecule has 4 nitrogen and oxygen atoms in total. The summed E-state index contributed by atoms with van der Waals surface area (Å²) in [6.45, 7) is 1.88. The lowest BCUT2D eigenvalue weighted by molar-refractivity contribution is 0.991. The van der Waals surface area contributed by atoms with Crippen LogP contribution >= 0.6 is 0 Å². The zero-order chi connectivity index (χ0) is 15.6. The highest BCUT2D eigenvalue weighted by molar-refractivity contribution is 5.82. The second-order valence-corrected chi connectivity index (χ2v) is 5.31. The van der Waals surface area contributed by atoms with E-state index in [1.165, 1.54) is 0 Å². The van der Waals surface area contributed by atoms with Gasteiger partial charge in [0.25, 0.3) is 0 Å². The van der Waals surface area contributed by atoms with Crippen LogP contribution in [0, 0.1) is 6.92 Å². The predicted molar refractivity (Wildman–Crippen MR) is 90.7 cm³/mol. The van der Waals surface area contributed by atoms with E-state index < -0.39 is 0 Å². The summed E-state index contributed by atoms with van der Waals surface area (Å²) in [7, 11) is 0. The fraction of sp³-hybridized carbons (Fsp3) is 0.0526. The standard InChI is InChI=1S/C19H14N4/c1-13-21-18(14-7-3-2-4-8-14)23-19(22-13)16-11-15-9-5-6-10-17(15)20-12-16/h2-12H,1H3. The maximum Gasteiger partial charge on any atom is 0.165 e. The molecule has 4 heteroatoms. The van der Waals surface area contributed by atoms with E-state index in [1.807, 2.05) is 67.7 Å². The van der Waals surface area contributed by atoms with E-state index in [0.29, 0.717) is 17.5 Å². The fourth-order valence-corrected chi connectivity index (χ4v) is 2.52. The first-order valence-electron chi connectivity index (χ1n) is 7.43. The normalized spacial score (nSPS) is 10.8. The molecule has 0 saturated heterocycles. The van der Waals surface area contributed by atoms with Gasteiger partial charge in [0.15, 0.2) is 11.6 Å². The van der Waals surface area contributed by atoms with Crippen molar-refractivity contribution in [3.63, 3.8) is 0 Å². The Morgan fingerprint density at radius 2 is 1.39 bits per heavy atom. The highest BCUT2D eigenvalue weighted by Crippen LogP contribution is 2.22. The van der Waals surface area contributed by atoms with Crippen molar-refractivity contribution < 1.29 is 0 Å². The second-order valence-electron chi connectivity index (χ2n) is 5.31. The van der Waals surface area contributed by atoms with E-state index in [0.717, 1.165) is 22.0 Å². The summed E-state index contributed by atoms with van der Waals surface area (Å²) in [5.74, 6) is 2.03. The minimum absolute atomic E-state index is 0.648. The van der Waals surface area contributed by atoms with E-state index in [9.17, 15) is 0 Å². The molecule has 4 rings (SSSR count). The van der Waals surface area contributed by atoms with Crippen molar-refractivity contribution in [2.24, 2.45) is 0 Å². The van der Waals surface area contributed by atoms with Gasteiger partial charge in [-0.15, -0.1) is 0 Å². The molecule has 0 saturated carbocycles. The van der Waals surface area contributed by atoms with E-state index in [2.05, 4.69) is 26.0 Å². The largest absolute Gasteiger partial charge is 0.255 e. The summed E-state index contributed by atoms with van der Waals surface area (Å²) in [5.41, 5.74) is 2.84. The Morgan fingerprint density at radius 3 is 2.22 bits per heavy atom. The van der Waals surface area contributed by atoms with Gasteiger partial charge >= 0.3 is 0 Å². The Hall–Kier alpha value is -3.14. The van der Waals surface area contributed by atoms with Crippen LogP contribution in [0.1, 0.15) is 5.82 Å². The molecule has 2 aromatic heterocycles. The summed E-state index contributed by atoms with van der Waals surface area (Å²) in [6.07, 6.45) is 1.81. The number of hydrogen-bond donors (Lipinski definition) is 0. The van der Waals surface area contributed by atoms with Crippen molar-refractivity contribution in [3.8, 4) is 22.8 Å². The van der Waals surface area contributed by atoms with Crippen molar-refractivity contribution >= 4 is 10.9 Å². The quantitative estimate of drug-likeness (QED) is 0.560. The molecule has 0 fully saturated rings. The third-order valence-electron chi connectivity index (χ3n) is 3.63. The average molecular weight is 298 g/mol. The number of para-hydroxylation sites is 1. The third-order valence-corrected chi connectivity index (χ3v) is 3.63. The molecular formula is C19H14N4. The molecule has 0 atom stereocenters. The van der Waals surface area contributed by atoms with Crippen LogP contribution in [0.3, 0.4) is 0 Å². The molecule has 0 unspecified atom stereocenters. The Balaban J connectivity index is 1.86. The van der Waals surface area contributed by atoms with Crippen LogP contribution in [0.4, 0.5) is 0 Å². The molecule has 0 bridgehead atoms. The number of aromatic nitrogens is 4. The first-order chi connectivity index (χ1) is 11.3. The van der Waals surface area contributed by atoms with Crippen LogP contribution in [0.25, 0.3) is 33.7 Å². The molecule has 0 aliphatic rings.